The second kappa shape index (κ2) is 8.93. The molecule has 0 aliphatic carbocycles. The number of H-pyrrole nitrogens is 1. The van der Waals surface area contributed by atoms with Crippen LogP contribution in [0.2, 0.25) is 0 Å². The molecule has 2 aromatic rings. The minimum atomic E-state index is -0.639. The Balaban J connectivity index is 2.26. The van der Waals surface area contributed by atoms with Crippen LogP contribution in [0.15, 0.2) is 24.3 Å². The van der Waals surface area contributed by atoms with Gasteiger partial charge >= 0.3 is 12.1 Å². The first-order valence-corrected chi connectivity index (χ1v) is 9.56. The van der Waals surface area contributed by atoms with Gasteiger partial charge in [-0.2, -0.15) is 0 Å². The second-order valence-electron chi connectivity index (χ2n) is 7.63. The van der Waals surface area contributed by atoms with E-state index >= 15 is 0 Å². The molecule has 0 bridgehead atoms. The third-order valence-corrected chi connectivity index (χ3v) is 4.14. The Bertz CT molecular complexity index is 789. The number of rotatable bonds is 7. The molecule has 6 heteroatoms. The summed E-state index contributed by atoms with van der Waals surface area (Å²) in [6.45, 7) is 9.49. The fourth-order valence-electron chi connectivity index (χ4n) is 2.82. The first kappa shape index (κ1) is 20.8. The van der Waals surface area contributed by atoms with Crippen LogP contribution in [0.4, 0.5) is 10.5 Å². The SMILES string of the molecule is CCCCC(CC)OC(=O)Nc1c(C(=O)OC(C)(C)C)[nH]c2ccccc12. The van der Waals surface area contributed by atoms with E-state index in [1.165, 1.54) is 0 Å². The normalized spacial score (nSPS) is 12.6. The third-order valence-electron chi connectivity index (χ3n) is 4.14. The minimum Gasteiger partial charge on any atom is -0.455 e. The Morgan fingerprint density at radius 1 is 1.19 bits per heavy atom. The van der Waals surface area contributed by atoms with E-state index in [9.17, 15) is 9.59 Å². The van der Waals surface area contributed by atoms with Crippen molar-refractivity contribution in [2.75, 3.05) is 5.32 Å². The van der Waals surface area contributed by atoms with Crippen LogP contribution in [0.25, 0.3) is 10.9 Å². The summed E-state index contributed by atoms with van der Waals surface area (Å²) in [5.41, 5.74) is 0.700. The second-order valence-corrected chi connectivity index (χ2v) is 7.63. The fourth-order valence-corrected chi connectivity index (χ4v) is 2.82. The highest BCUT2D eigenvalue weighted by Crippen LogP contribution is 2.29. The van der Waals surface area contributed by atoms with Gasteiger partial charge in [0.2, 0.25) is 0 Å². The Hall–Kier alpha value is -2.50. The van der Waals surface area contributed by atoms with Crippen molar-refractivity contribution in [3.05, 3.63) is 30.0 Å². The number of esters is 1. The van der Waals surface area contributed by atoms with E-state index in [1.54, 1.807) is 20.8 Å². The van der Waals surface area contributed by atoms with E-state index in [2.05, 4.69) is 17.2 Å². The van der Waals surface area contributed by atoms with Gasteiger partial charge < -0.3 is 14.5 Å². The maximum Gasteiger partial charge on any atom is 0.411 e. The summed E-state index contributed by atoms with van der Waals surface area (Å²) in [6, 6.07) is 7.39. The van der Waals surface area contributed by atoms with Crippen LogP contribution in [0.1, 0.15) is 70.8 Å². The summed E-state index contributed by atoms with van der Waals surface area (Å²) in [6.07, 6.45) is 2.93. The molecule has 1 atom stereocenters. The summed E-state index contributed by atoms with van der Waals surface area (Å²) in [7, 11) is 0. The molecule has 0 aliphatic heterocycles. The highest BCUT2D eigenvalue weighted by atomic mass is 16.6. The number of benzene rings is 1. The maximum atomic E-state index is 12.6. The van der Waals surface area contributed by atoms with Gasteiger partial charge in [0.15, 0.2) is 0 Å². The molecule has 148 valence electrons. The van der Waals surface area contributed by atoms with Crippen LogP contribution < -0.4 is 5.32 Å². The molecule has 2 N–H and O–H groups in total. The van der Waals surface area contributed by atoms with Gasteiger partial charge in [-0.25, -0.2) is 9.59 Å². The molecule has 0 spiro atoms. The molecule has 0 aliphatic rings. The Morgan fingerprint density at radius 2 is 1.89 bits per heavy atom. The molecule has 0 radical (unpaired) electrons. The number of carbonyl (C=O) groups excluding carboxylic acids is 2. The summed E-state index contributed by atoms with van der Waals surface area (Å²) >= 11 is 0. The maximum absolute atomic E-state index is 12.6. The smallest absolute Gasteiger partial charge is 0.411 e. The number of fused-ring (bicyclic) bond motifs is 1. The summed E-state index contributed by atoms with van der Waals surface area (Å²) in [5, 5.41) is 3.48. The van der Waals surface area contributed by atoms with Crippen LogP contribution >= 0.6 is 0 Å². The molecule has 1 aromatic carbocycles. The number of amides is 1. The van der Waals surface area contributed by atoms with Gasteiger partial charge in [0, 0.05) is 10.9 Å². The highest BCUT2D eigenvalue weighted by molar-refractivity contribution is 6.10. The molecule has 0 saturated heterocycles. The van der Waals surface area contributed by atoms with Crippen LogP contribution in [-0.2, 0) is 9.47 Å². The highest BCUT2D eigenvalue weighted by Gasteiger charge is 2.25. The van der Waals surface area contributed by atoms with E-state index in [0.717, 1.165) is 36.6 Å². The molecule has 1 amide bonds. The van der Waals surface area contributed by atoms with Crippen molar-refractivity contribution in [3.8, 4) is 0 Å². The van der Waals surface area contributed by atoms with Gasteiger partial charge in [-0.05, 0) is 39.7 Å². The first-order chi connectivity index (χ1) is 12.7. The number of aromatic nitrogens is 1. The lowest BCUT2D eigenvalue weighted by Gasteiger charge is -2.20. The number of ether oxygens (including phenoxy) is 2. The van der Waals surface area contributed by atoms with Gasteiger partial charge in [-0.15, -0.1) is 0 Å². The van der Waals surface area contributed by atoms with Crippen molar-refractivity contribution < 1.29 is 19.1 Å². The molecule has 1 unspecified atom stereocenters. The van der Waals surface area contributed by atoms with Crippen LogP contribution in [0.3, 0.4) is 0 Å². The third kappa shape index (κ3) is 5.74. The Kier molecular flexibility index (Phi) is 6.88. The van der Waals surface area contributed by atoms with Crippen LogP contribution in [0.5, 0.6) is 0 Å². The van der Waals surface area contributed by atoms with Gasteiger partial charge in [0.05, 0.1) is 5.69 Å². The predicted molar refractivity (Wildman–Crippen MR) is 107 cm³/mol. The Labute approximate surface area is 160 Å². The number of carbonyl (C=O) groups is 2. The monoisotopic (exact) mass is 374 g/mol. The standard InChI is InChI=1S/C21H30N2O4/c1-6-8-11-14(7-2)26-20(25)23-17-15-12-9-10-13-16(15)22-18(17)19(24)27-21(3,4)5/h9-10,12-14,22H,6-8,11H2,1-5H3,(H,23,25). The quantitative estimate of drug-likeness (QED) is 0.615. The molecule has 2 rings (SSSR count). The largest absolute Gasteiger partial charge is 0.455 e. The average molecular weight is 374 g/mol. The summed E-state index contributed by atoms with van der Waals surface area (Å²) in [5.74, 6) is -0.521. The zero-order valence-corrected chi connectivity index (χ0v) is 16.8. The van der Waals surface area contributed by atoms with Gasteiger partial charge in [0.1, 0.15) is 17.4 Å². The van der Waals surface area contributed by atoms with Crippen molar-refractivity contribution in [2.45, 2.75) is 72.0 Å². The van der Waals surface area contributed by atoms with E-state index in [0.29, 0.717) is 5.69 Å². The lowest BCUT2D eigenvalue weighted by molar-refractivity contribution is 0.00651. The van der Waals surface area contributed by atoms with E-state index in [1.807, 2.05) is 31.2 Å². The molecule has 0 fully saturated rings. The molecular formula is C21H30N2O4. The first-order valence-electron chi connectivity index (χ1n) is 9.56. The zero-order valence-electron chi connectivity index (χ0n) is 16.8. The van der Waals surface area contributed by atoms with Gasteiger partial charge in [-0.1, -0.05) is 44.9 Å². The number of para-hydroxylation sites is 1. The van der Waals surface area contributed by atoms with E-state index < -0.39 is 17.7 Å². The summed E-state index contributed by atoms with van der Waals surface area (Å²) < 4.78 is 11.0. The topological polar surface area (TPSA) is 80.4 Å². The lowest BCUT2D eigenvalue weighted by atomic mass is 10.1. The van der Waals surface area contributed by atoms with E-state index in [-0.39, 0.29) is 11.8 Å². The molecule has 27 heavy (non-hydrogen) atoms. The summed E-state index contributed by atoms with van der Waals surface area (Å²) in [4.78, 5) is 28.1. The van der Waals surface area contributed by atoms with Crippen molar-refractivity contribution in [2.24, 2.45) is 0 Å². The van der Waals surface area contributed by atoms with Gasteiger partial charge in [-0.3, -0.25) is 5.32 Å². The molecule has 0 saturated carbocycles. The Morgan fingerprint density at radius 3 is 2.52 bits per heavy atom. The van der Waals surface area contributed by atoms with Crippen LogP contribution in [-0.4, -0.2) is 28.8 Å². The average Bonchev–Trinajstić information content (AvgIpc) is 2.96. The predicted octanol–water partition coefficient (Wildman–Crippen LogP) is 5.64. The number of hydrogen-bond acceptors (Lipinski definition) is 4. The van der Waals surface area contributed by atoms with Crippen molar-refractivity contribution in [3.63, 3.8) is 0 Å². The number of unbranched alkanes of at least 4 members (excludes halogenated alkanes) is 1. The molecule has 1 heterocycles. The number of hydrogen-bond donors (Lipinski definition) is 2. The van der Waals surface area contributed by atoms with Crippen LogP contribution in [0, 0.1) is 0 Å². The zero-order chi connectivity index (χ0) is 20.0. The van der Waals surface area contributed by atoms with Gasteiger partial charge in [0.25, 0.3) is 0 Å². The molecular weight excluding hydrogens is 344 g/mol. The number of nitrogens with one attached hydrogen (secondary N) is 2. The minimum absolute atomic E-state index is 0.139. The van der Waals surface area contributed by atoms with E-state index in [4.69, 9.17) is 9.47 Å². The lowest BCUT2D eigenvalue weighted by Crippen LogP contribution is -2.26. The molecule has 6 nitrogen and oxygen atoms in total. The molecule has 1 aromatic heterocycles. The van der Waals surface area contributed by atoms with Crippen molar-refractivity contribution >= 4 is 28.7 Å². The van der Waals surface area contributed by atoms with Crippen molar-refractivity contribution in [1.29, 1.82) is 0 Å². The number of anilines is 1. The van der Waals surface area contributed by atoms with Crippen molar-refractivity contribution in [1.82, 2.24) is 4.98 Å². The fraction of sp³-hybridized carbons (Fsp3) is 0.524. The number of aromatic amines is 1.